The van der Waals surface area contributed by atoms with Crippen molar-refractivity contribution in [2.24, 2.45) is 0 Å². The van der Waals surface area contributed by atoms with Gasteiger partial charge in [0.1, 0.15) is 18.1 Å². The molecule has 3 nitrogen and oxygen atoms in total. The van der Waals surface area contributed by atoms with E-state index in [1.165, 1.54) is 25.7 Å². The Morgan fingerprint density at radius 3 is 2.63 bits per heavy atom. The van der Waals surface area contributed by atoms with Crippen LogP contribution in [0.15, 0.2) is 22.6 Å². The van der Waals surface area contributed by atoms with Crippen molar-refractivity contribution in [3.63, 3.8) is 0 Å². The van der Waals surface area contributed by atoms with Gasteiger partial charge in [-0.25, -0.2) is 0 Å². The van der Waals surface area contributed by atoms with Crippen molar-refractivity contribution in [2.75, 3.05) is 0 Å². The average Bonchev–Trinajstić information content (AvgIpc) is 2.88. The molecule has 0 saturated carbocycles. The number of hydrogen-bond donors (Lipinski definition) is 1. The largest absolute Gasteiger partial charge is 0.459 e. The van der Waals surface area contributed by atoms with Gasteiger partial charge in [0.25, 0.3) is 0 Å². The monoisotopic (exact) mass is 264 g/mol. The highest BCUT2D eigenvalue weighted by atomic mass is 16.4. The molecule has 3 heteroatoms. The van der Waals surface area contributed by atoms with Crippen LogP contribution in [0.1, 0.15) is 63.4 Å². The van der Waals surface area contributed by atoms with Crippen LogP contribution in [0.4, 0.5) is 0 Å². The molecule has 106 valence electrons. The molecular formula is C16H24O3. The lowest BCUT2D eigenvalue weighted by Gasteiger charge is -1.98. The molecule has 0 spiro atoms. The van der Waals surface area contributed by atoms with Crippen LogP contribution >= 0.6 is 0 Å². The summed E-state index contributed by atoms with van der Waals surface area (Å²) in [5, 5.41) is 8.85. The van der Waals surface area contributed by atoms with Crippen LogP contribution in [0.5, 0.6) is 0 Å². The topological polar surface area (TPSA) is 50.4 Å². The van der Waals surface area contributed by atoms with Crippen LogP contribution < -0.4 is 0 Å². The van der Waals surface area contributed by atoms with Gasteiger partial charge in [0.15, 0.2) is 5.78 Å². The molecule has 1 aromatic heterocycles. The molecule has 0 aliphatic heterocycles. The van der Waals surface area contributed by atoms with Gasteiger partial charge in [-0.3, -0.25) is 4.79 Å². The number of allylic oxidation sites excluding steroid dienone is 1. The smallest absolute Gasteiger partial charge is 0.155 e. The van der Waals surface area contributed by atoms with E-state index in [-0.39, 0.29) is 12.4 Å². The number of hydrogen-bond acceptors (Lipinski definition) is 3. The molecule has 0 radical (unpaired) electrons. The summed E-state index contributed by atoms with van der Waals surface area (Å²) in [7, 11) is 0. The first-order valence-electron chi connectivity index (χ1n) is 7.16. The molecule has 0 aliphatic rings. The quantitative estimate of drug-likeness (QED) is 0.511. The average molecular weight is 264 g/mol. The summed E-state index contributed by atoms with van der Waals surface area (Å²) >= 11 is 0. The molecule has 0 aliphatic carbocycles. The number of carbonyl (C=O) groups is 1. The lowest BCUT2D eigenvalue weighted by Crippen LogP contribution is -1.92. The maximum Gasteiger partial charge on any atom is 0.155 e. The van der Waals surface area contributed by atoms with Crippen LogP contribution in [0.3, 0.4) is 0 Å². The summed E-state index contributed by atoms with van der Waals surface area (Å²) < 4.78 is 5.26. The standard InChI is InChI=1S/C16H24O3/c1-2-3-4-5-6-7-8-14(18)9-10-15-11-12-16(13-17)19-15/h9-12,17H,2-8,13H2,1H3. The lowest BCUT2D eigenvalue weighted by atomic mass is 10.1. The maximum atomic E-state index is 11.6. The van der Waals surface area contributed by atoms with Crippen LogP contribution in [-0.4, -0.2) is 10.9 Å². The van der Waals surface area contributed by atoms with Crippen molar-refractivity contribution < 1.29 is 14.3 Å². The van der Waals surface area contributed by atoms with Crippen molar-refractivity contribution in [1.29, 1.82) is 0 Å². The first-order valence-corrected chi connectivity index (χ1v) is 7.16. The molecular weight excluding hydrogens is 240 g/mol. The number of aliphatic hydroxyl groups excluding tert-OH is 1. The molecule has 1 N–H and O–H groups in total. The normalized spacial score (nSPS) is 11.3. The van der Waals surface area contributed by atoms with E-state index in [0.29, 0.717) is 17.9 Å². The number of unbranched alkanes of at least 4 members (excludes halogenated alkanes) is 5. The summed E-state index contributed by atoms with van der Waals surface area (Å²) in [5.41, 5.74) is 0. The Hall–Kier alpha value is -1.35. The Balaban J connectivity index is 2.16. The fraction of sp³-hybridized carbons (Fsp3) is 0.562. The Bertz CT molecular complexity index is 390. The first-order chi connectivity index (χ1) is 9.26. The fourth-order valence-corrected chi connectivity index (χ4v) is 1.91. The third-order valence-electron chi connectivity index (χ3n) is 3.05. The molecule has 1 aromatic rings. The van der Waals surface area contributed by atoms with E-state index >= 15 is 0 Å². The van der Waals surface area contributed by atoms with Gasteiger partial charge in [-0.1, -0.05) is 39.0 Å². The van der Waals surface area contributed by atoms with Gasteiger partial charge < -0.3 is 9.52 Å². The van der Waals surface area contributed by atoms with E-state index in [1.54, 1.807) is 24.3 Å². The summed E-state index contributed by atoms with van der Waals surface area (Å²) in [5.74, 6) is 1.26. The predicted octanol–water partition coefficient (Wildman–Crippen LogP) is 4.10. The molecule has 1 rings (SSSR count). The molecule has 0 unspecified atom stereocenters. The van der Waals surface area contributed by atoms with Gasteiger partial charge in [0.05, 0.1) is 0 Å². The minimum Gasteiger partial charge on any atom is -0.459 e. The Labute approximate surface area is 115 Å². The number of ketones is 1. The Morgan fingerprint density at radius 1 is 1.21 bits per heavy atom. The van der Waals surface area contributed by atoms with Crippen molar-refractivity contribution in [3.05, 3.63) is 29.7 Å². The molecule has 0 atom stereocenters. The molecule has 0 amide bonds. The Morgan fingerprint density at radius 2 is 1.95 bits per heavy atom. The van der Waals surface area contributed by atoms with E-state index in [1.807, 2.05) is 0 Å². The van der Waals surface area contributed by atoms with E-state index in [0.717, 1.165) is 12.8 Å². The summed E-state index contributed by atoms with van der Waals surface area (Å²) in [6.07, 6.45) is 11.0. The van der Waals surface area contributed by atoms with Gasteiger partial charge in [-0.05, 0) is 30.7 Å². The third-order valence-corrected chi connectivity index (χ3v) is 3.05. The van der Waals surface area contributed by atoms with Crippen LogP contribution in [0.2, 0.25) is 0 Å². The second-order valence-corrected chi connectivity index (χ2v) is 4.78. The molecule has 0 saturated heterocycles. The minimum atomic E-state index is -0.112. The van der Waals surface area contributed by atoms with Crippen LogP contribution in [-0.2, 0) is 11.4 Å². The van der Waals surface area contributed by atoms with E-state index in [4.69, 9.17) is 9.52 Å². The fourth-order valence-electron chi connectivity index (χ4n) is 1.91. The highest BCUT2D eigenvalue weighted by Gasteiger charge is 2.00. The van der Waals surface area contributed by atoms with Crippen molar-refractivity contribution in [1.82, 2.24) is 0 Å². The maximum absolute atomic E-state index is 11.6. The third kappa shape index (κ3) is 6.97. The van der Waals surface area contributed by atoms with Crippen LogP contribution in [0, 0.1) is 0 Å². The van der Waals surface area contributed by atoms with Crippen molar-refractivity contribution in [3.8, 4) is 0 Å². The first kappa shape index (κ1) is 15.7. The lowest BCUT2D eigenvalue weighted by molar-refractivity contribution is -0.114. The number of furan rings is 1. The highest BCUT2D eigenvalue weighted by Crippen LogP contribution is 2.11. The SMILES string of the molecule is CCCCCCCCC(=O)C=Cc1ccc(CO)o1. The van der Waals surface area contributed by atoms with Crippen LogP contribution in [0.25, 0.3) is 6.08 Å². The second kappa shape index (κ2) is 9.56. The van der Waals surface area contributed by atoms with Gasteiger partial charge in [-0.2, -0.15) is 0 Å². The van der Waals surface area contributed by atoms with E-state index in [2.05, 4.69) is 6.92 Å². The van der Waals surface area contributed by atoms with Crippen molar-refractivity contribution in [2.45, 2.75) is 58.5 Å². The van der Waals surface area contributed by atoms with Gasteiger partial charge >= 0.3 is 0 Å². The molecule has 19 heavy (non-hydrogen) atoms. The summed E-state index contributed by atoms with van der Waals surface area (Å²) in [6.45, 7) is 2.09. The zero-order valence-electron chi connectivity index (χ0n) is 11.7. The molecule has 0 bridgehead atoms. The minimum absolute atomic E-state index is 0.112. The molecule has 1 heterocycles. The zero-order chi connectivity index (χ0) is 13.9. The van der Waals surface area contributed by atoms with E-state index in [9.17, 15) is 4.79 Å². The van der Waals surface area contributed by atoms with Crippen molar-refractivity contribution >= 4 is 11.9 Å². The van der Waals surface area contributed by atoms with Gasteiger partial charge in [-0.15, -0.1) is 0 Å². The zero-order valence-corrected chi connectivity index (χ0v) is 11.7. The molecule has 0 aromatic carbocycles. The Kier molecular flexibility index (Phi) is 7.91. The predicted molar refractivity (Wildman–Crippen MR) is 76.7 cm³/mol. The summed E-state index contributed by atoms with van der Waals surface area (Å²) in [4.78, 5) is 11.6. The number of rotatable bonds is 10. The van der Waals surface area contributed by atoms with Gasteiger partial charge in [0, 0.05) is 6.42 Å². The second-order valence-electron chi connectivity index (χ2n) is 4.78. The number of carbonyl (C=O) groups excluding carboxylic acids is 1. The summed E-state index contributed by atoms with van der Waals surface area (Å²) in [6, 6.07) is 3.46. The number of aliphatic hydroxyl groups is 1. The van der Waals surface area contributed by atoms with Gasteiger partial charge in [0.2, 0.25) is 0 Å². The highest BCUT2D eigenvalue weighted by molar-refractivity contribution is 5.93. The van der Waals surface area contributed by atoms with E-state index < -0.39 is 0 Å². The molecule has 0 fully saturated rings.